The van der Waals surface area contributed by atoms with E-state index < -0.39 is 0 Å². The molecule has 92 valence electrons. The third-order valence-corrected chi connectivity index (χ3v) is 3.30. The molecule has 0 aromatic carbocycles. The maximum absolute atomic E-state index is 9.08. The van der Waals surface area contributed by atoms with Crippen LogP contribution in [0.1, 0.15) is 13.8 Å². The summed E-state index contributed by atoms with van der Waals surface area (Å²) >= 11 is 0. The van der Waals surface area contributed by atoms with Gasteiger partial charge in [0.15, 0.2) is 0 Å². The molecule has 0 spiro atoms. The first-order valence-electron chi connectivity index (χ1n) is 5.99. The lowest BCUT2D eigenvalue weighted by molar-refractivity contribution is 0.0767. The lowest BCUT2D eigenvalue weighted by atomic mass is 10.0. The lowest BCUT2D eigenvalue weighted by Gasteiger charge is -2.40. The number of hydrogen-bond acceptors (Lipinski definition) is 4. The summed E-state index contributed by atoms with van der Waals surface area (Å²) in [5.41, 5.74) is -0.312. The van der Waals surface area contributed by atoms with E-state index >= 15 is 0 Å². The smallest absolute Gasteiger partial charge is 0.103 e. The Morgan fingerprint density at radius 1 is 1.19 bits per heavy atom. The van der Waals surface area contributed by atoms with Crippen molar-refractivity contribution >= 4 is 0 Å². The van der Waals surface area contributed by atoms with Crippen LogP contribution in [0.3, 0.4) is 0 Å². The van der Waals surface area contributed by atoms with Crippen molar-refractivity contribution in [2.24, 2.45) is 0 Å². The van der Waals surface area contributed by atoms with E-state index in [1.807, 2.05) is 13.8 Å². The SMILES string of the molecule is CN(C)CCN1CCN(C(C)(C)C#N)CC1. The van der Waals surface area contributed by atoms with Crippen molar-refractivity contribution in [1.82, 2.24) is 14.7 Å². The Hall–Kier alpha value is -0.630. The molecule has 1 fully saturated rings. The summed E-state index contributed by atoms with van der Waals surface area (Å²) < 4.78 is 0. The highest BCUT2D eigenvalue weighted by molar-refractivity contribution is 5.02. The molecule has 4 heteroatoms. The molecule has 0 unspecified atom stereocenters. The summed E-state index contributed by atoms with van der Waals surface area (Å²) in [6, 6.07) is 2.38. The third-order valence-electron chi connectivity index (χ3n) is 3.30. The zero-order valence-electron chi connectivity index (χ0n) is 11.0. The molecule has 1 rings (SSSR count). The van der Waals surface area contributed by atoms with Gasteiger partial charge in [0.1, 0.15) is 5.54 Å². The number of nitriles is 1. The highest BCUT2D eigenvalue weighted by atomic mass is 15.3. The molecular weight excluding hydrogens is 200 g/mol. The van der Waals surface area contributed by atoms with Gasteiger partial charge in [-0.2, -0.15) is 5.26 Å². The zero-order valence-corrected chi connectivity index (χ0v) is 11.0. The second-order valence-corrected chi connectivity index (χ2v) is 5.30. The summed E-state index contributed by atoms with van der Waals surface area (Å²) in [7, 11) is 4.21. The molecule has 0 radical (unpaired) electrons. The van der Waals surface area contributed by atoms with Crippen molar-refractivity contribution in [2.75, 3.05) is 53.4 Å². The van der Waals surface area contributed by atoms with Gasteiger partial charge in [-0.25, -0.2) is 0 Å². The molecular formula is C12H24N4. The Balaban J connectivity index is 2.32. The van der Waals surface area contributed by atoms with E-state index in [9.17, 15) is 0 Å². The fourth-order valence-corrected chi connectivity index (χ4v) is 1.94. The Bertz CT molecular complexity index is 246. The topological polar surface area (TPSA) is 33.5 Å². The van der Waals surface area contributed by atoms with Gasteiger partial charge in [-0.1, -0.05) is 0 Å². The van der Waals surface area contributed by atoms with Crippen molar-refractivity contribution in [3.8, 4) is 6.07 Å². The molecule has 0 saturated carbocycles. The monoisotopic (exact) mass is 224 g/mol. The maximum Gasteiger partial charge on any atom is 0.103 e. The number of hydrogen-bond donors (Lipinski definition) is 0. The molecule has 4 nitrogen and oxygen atoms in total. The van der Waals surface area contributed by atoms with Gasteiger partial charge in [0.25, 0.3) is 0 Å². The van der Waals surface area contributed by atoms with Crippen molar-refractivity contribution < 1.29 is 0 Å². The van der Waals surface area contributed by atoms with Crippen LogP contribution in [0.5, 0.6) is 0 Å². The zero-order chi connectivity index (χ0) is 12.2. The first-order chi connectivity index (χ1) is 7.45. The Morgan fingerprint density at radius 3 is 2.19 bits per heavy atom. The van der Waals surface area contributed by atoms with E-state index in [0.717, 1.165) is 39.3 Å². The molecule has 0 amide bonds. The van der Waals surface area contributed by atoms with E-state index in [-0.39, 0.29) is 5.54 Å². The molecule has 0 aromatic rings. The molecule has 1 saturated heterocycles. The van der Waals surface area contributed by atoms with E-state index in [1.54, 1.807) is 0 Å². The van der Waals surface area contributed by atoms with Gasteiger partial charge in [-0.05, 0) is 27.9 Å². The van der Waals surface area contributed by atoms with Crippen LogP contribution in [0.25, 0.3) is 0 Å². The molecule has 16 heavy (non-hydrogen) atoms. The normalized spacial score (nSPS) is 20.0. The fraction of sp³-hybridized carbons (Fsp3) is 0.917. The molecule has 1 heterocycles. The molecule has 0 atom stereocenters. The maximum atomic E-state index is 9.08. The van der Waals surface area contributed by atoms with Crippen LogP contribution in [-0.2, 0) is 0 Å². The minimum atomic E-state index is -0.312. The van der Waals surface area contributed by atoms with Crippen molar-refractivity contribution in [1.29, 1.82) is 5.26 Å². The highest BCUT2D eigenvalue weighted by Crippen LogP contribution is 2.15. The minimum absolute atomic E-state index is 0.312. The van der Waals surface area contributed by atoms with Gasteiger partial charge in [0.2, 0.25) is 0 Å². The van der Waals surface area contributed by atoms with Crippen LogP contribution in [0.2, 0.25) is 0 Å². The van der Waals surface area contributed by atoms with Crippen molar-refractivity contribution in [2.45, 2.75) is 19.4 Å². The molecule has 1 aliphatic rings. The van der Waals surface area contributed by atoms with Crippen molar-refractivity contribution in [3.05, 3.63) is 0 Å². The van der Waals surface area contributed by atoms with Crippen LogP contribution in [0.4, 0.5) is 0 Å². The van der Waals surface area contributed by atoms with Crippen LogP contribution in [0.15, 0.2) is 0 Å². The Morgan fingerprint density at radius 2 is 1.75 bits per heavy atom. The largest absolute Gasteiger partial charge is 0.308 e. The van der Waals surface area contributed by atoms with Crippen LogP contribution < -0.4 is 0 Å². The van der Waals surface area contributed by atoms with Crippen molar-refractivity contribution in [3.63, 3.8) is 0 Å². The number of likely N-dealkylation sites (N-methyl/N-ethyl adjacent to an activating group) is 1. The number of nitrogens with zero attached hydrogens (tertiary/aromatic N) is 4. The molecule has 0 N–H and O–H groups in total. The van der Waals surface area contributed by atoms with E-state index in [0.29, 0.717) is 0 Å². The average molecular weight is 224 g/mol. The van der Waals surface area contributed by atoms with E-state index in [4.69, 9.17) is 5.26 Å². The summed E-state index contributed by atoms with van der Waals surface area (Å²) in [5, 5.41) is 9.08. The Labute approximate surface area is 99.4 Å². The second kappa shape index (κ2) is 5.62. The molecule has 0 aliphatic carbocycles. The standard InChI is InChI=1S/C12H24N4/c1-12(2,11-13)16-9-7-15(8-10-16)6-5-14(3)4/h5-10H2,1-4H3. The highest BCUT2D eigenvalue weighted by Gasteiger charge is 2.29. The lowest BCUT2D eigenvalue weighted by Crippen LogP contribution is -2.54. The molecule has 1 aliphatic heterocycles. The summed E-state index contributed by atoms with van der Waals surface area (Å²) in [6.45, 7) is 10.4. The first kappa shape index (κ1) is 13.4. The van der Waals surface area contributed by atoms with Crippen LogP contribution in [-0.4, -0.2) is 73.6 Å². The van der Waals surface area contributed by atoms with E-state index in [2.05, 4.69) is 34.9 Å². The quantitative estimate of drug-likeness (QED) is 0.695. The second-order valence-electron chi connectivity index (χ2n) is 5.30. The van der Waals surface area contributed by atoms with Gasteiger partial charge in [-0.15, -0.1) is 0 Å². The van der Waals surface area contributed by atoms with Gasteiger partial charge in [0.05, 0.1) is 6.07 Å². The predicted octanol–water partition coefficient (Wildman–Crippen LogP) is 0.468. The fourth-order valence-electron chi connectivity index (χ4n) is 1.94. The van der Waals surface area contributed by atoms with Gasteiger partial charge in [-0.3, -0.25) is 9.80 Å². The van der Waals surface area contributed by atoms with Gasteiger partial charge in [0, 0.05) is 39.3 Å². The van der Waals surface area contributed by atoms with E-state index in [1.165, 1.54) is 0 Å². The summed E-state index contributed by atoms with van der Waals surface area (Å²) in [4.78, 5) is 6.97. The minimum Gasteiger partial charge on any atom is -0.308 e. The first-order valence-corrected chi connectivity index (χ1v) is 5.99. The molecule has 0 bridgehead atoms. The summed E-state index contributed by atoms with van der Waals surface area (Å²) in [6.07, 6.45) is 0. The number of piperazine rings is 1. The average Bonchev–Trinajstić information content (AvgIpc) is 2.27. The predicted molar refractivity (Wildman–Crippen MR) is 66.3 cm³/mol. The summed E-state index contributed by atoms with van der Waals surface area (Å²) in [5.74, 6) is 0. The molecule has 0 aromatic heterocycles. The van der Waals surface area contributed by atoms with Gasteiger partial charge < -0.3 is 4.90 Å². The third kappa shape index (κ3) is 3.75. The number of rotatable bonds is 4. The van der Waals surface area contributed by atoms with Crippen LogP contribution in [0, 0.1) is 11.3 Å². The van der Waals surface area contributed by atoms with Gasteiger partial charge >= 0.3 is 0 Å². The Kier molecular flexibility index (Phi) is 4.72. The van der Waals surface area contributed by atoms with Crippen LogP contribution >= 0.6 is 0 Å².